The molecule has 5 nitrogen and oxygen atoms in total. The maximum atomic E-state index is 12.5. The van der Waals surface area contributed by atoms with Crippen molar-refractivity contribution < 1.29 is 32.6 Å². The molecule has 0 aliphatic heterocycles. The Kier molecular flexibility index (Phi) is 3.35. The van der Waals surface area contributed by atoms with Gasteiger partial charge in [-0.15, -0.1) is 0 Å². The summed E-state index contributed by atoms with van der Waals surface area (Å²) in [4.78, 5) is 24.4. The Labute approximate surface area is 92.8 Å². The zero-order chi connectivity index (χ0) is 13.2. The molecule has 1 aromatic rings. The van der Waals surface area contributed by atoms with E-state index < -0.39 is 35.1 Å². The highest BCUT2D eigenvalue weighted by atomic mass is 19.4. The molecule has 0 fully saturated rings. The smallest absolute Gasteiger partial charge is 0.434 e. The van der Waals surface area contributed by atoms with Gasteiger partial charge in [-0.05, 0) is 12.1 Å². The number of halogens is 3. The molecule has 0 spiro atoms. The summed E-state index contributed by atoms with van der Waals surface area (Å²) in [5.74, 6) is -2.85. The number of aromatic nitrogens is 1. The molecule has 1 heterocycles. The molecule has 1 rings (SSSR count). The van der Waals surface area contributed by atoms with Crippen LogP contribution in [0.15, 0.2) is 12.1 Å². The fourth-order valence-electron chi connectivity index (χ4n) is 1.07. The van der Waals surface area contributed by atoms with Crippen LogP contribution in [0.3, 0.4) is 0 Å². The fourth-order valence-corrected chi connectivity index (χ4v) is 1.07. The average Bonchev–Trinajstić information content (AvgIpc) is 2.26. The van der Waals surface area contributed by atoms with E-state index in [4.69, 9.17) is 5.11 Å². The second-order valence-electron chi connectivity index (χ2n) is 2.89. The Morgan fingerprint density at radius 2 is 1.94 bits per heavy atom. The van der Waals surface area contributed by atoms with Gasteiger partial charge in [-0.25, -0.2) is 14.6 Å². The van der Waals surface area contributed by atoms with Gasteiger partial charge in [0.15, 0.2) is 5.69 Å². The number of pyridine rings is 1. The molecule has 0 radical (unpaired) electrons. The quantitative estimate of drug-likeness (QED) is 0.805. The normalized spacial score (nSPS) is 11.1. The largest absolute Gasteiger partial charge is 0.477 e. The first-order valence-electron chi connectivity index (χ1n) is 4.17. The van der Waals surface area contributed by atoms with Crippen LogP contribution in [0.4, 0.5) is 13.2 Å². The highest BCUT2D eigenvalue weighted by molar-refractivity contribution is 5.92. The van der Waals surface area contributed by atoms with Crippen molar-refractivity contribution >= 4 is 11.9 Å². The minimum Gasteiger partial charge on any atom is -0.477 e. The molecule has 0 atom stereocenters. The van der Waals surface area contributed by atoms with Gasteiger partial charge in [0, 0.05) is 0 Å². The average molecular weight is 249 g/mol. The zero-order valence-corrected chi connectivity index (χ0v) is 8.41. The van der Waals surface area contributed by atoms with Gasteiger partial charge < -0.3 is 9.84 Å². The van der Waals surface area contributed by atoms with Crippen molar-refractivity contribution in [1.82, 2.24) is 4.98 Å². The monoisotopic (exact) mass is 249 g/mol. The lowest BCUT2D eigenvalue weighted by atomic mass is 10.1. The molecule has 0 saturated heterocycles. The van der Waals surface area contributed by atoms with Crippen LogP contribution in [0, 0.1) is 0 Å². The van der Waals surface area contributed by atoms with Crippen LogP contribution in [0.5, 0.6) is 0 Å². The number of carboxylic acid groups (broad SMARTS) is 1. The van der Waals surface area contributed by atoms with E-state index in [9.17, 15) is 22.8 Å². The summed E-state index contributed by atoms with van der Waals surface area (Å²) in [7, 11) is 0.910. The lowest BCUT2D eigenvalue weighted by Crippen LogP contribution is -2.18. The van der Waals surface area contributed by atoms with Gasteiger partial charge in [-0.2, -0.15) is 13.2 Å². The Morgan fingerprint density at radius 1 is 1.35 bits per heavy atom. The minimum atomic E-state index is -4.94. The van der Waals surface area contributed by atoms with Crippen LogP contribution in [0.1, 0.15) is 26.5 Å². The van der Waals surface area contributed by atoms with Crippen molar-refractivity contribution in [2.24, 2.45) is 0 Å². The van der Waals surface area contributed by atoms with E-state index in [0.717, 1.165) is 13.2 Å². The molecule has 1 N–H and O–H groups in total. The Balaban J connectivity index is 3.42. The summed E-state index contributed by atoms with van der Waals surface area (Å²) in [5.41, 5.74) is -3.21. The molecule has 0 bridgehead atoms. The maximum absolute atomic E-state index is 12.5. The summed E-state index contributed by atoms with van der Waals surface area (Å²) in [6.45, 7) is 0. The van der Waals surface area contributed by atoms with Crippen molar-refractivity contribution in [1.29, 1.82) is 0 Å². The number of carboxylic acids is 1. The second kappa shape index (κ2) is 4.40. The van der Waals surface area contributed by atoms with Crippen molar-refractivity contribution in [3.05, 3.63) is 29.1 Å². The number of nitrogens with zero attached hydrogens (tertiary/aromatic N) is 1. The van der Waals surface area contributed by atoms with E-state index in [1.807, 2.05) is 0 Å². The Hall–Kier alpha value is -2.12. The summed E-state index contributed by atoms with van der Waals surface area (Å²) in [6, 6.07) is 1.51. The number of carbonyl (C=O) groups is 2. The Bertz CT molecular complexity index is 470. The first kappa shape index (κ1) is 12.9. The Morgan fingerprint density at radius 3 is 2.35 bits per heavy atom. The molecule has 0 aromatic carbocycles. The van der Waals surface area contributed by atoms with Gasteiger partial charge in [-0.3, -0.25) is 0 Å². The first-order chi connectivity index (χ1) is 7.77. The van der Waals surface area contributed by atoms with E-state index >= 15 is 0 Å². The molecule has 0 saturated carbocycles. The second-order valence-corrected chi connectivity index (χ2v) is 2.89. The number of carbonyl (C=O) groups excluding carboxylic acids is 1. The van der Waals surface area contributed by atoms with Crippen LogP contribution < -0.4 is 0 Å². The zero-order valence-electron chi connectivity index (χ0n) is 8.41. The van der Waals surface area contributed by atoms with Crippen LogP contribution in [0.25, 0.3) is 0 Å². The summed E-state index contributed by atoms with van der Waals surface area (Å²) in [6.07, 6.45) is -4.94. The molecule has 8 heteroatoms. The minimum absolute atomic E-state index is 0.713. The topological polar surface area (TPSA) is 76.5 Å². The molecule has 0 amide bonds. The van der Waals surface area contributed by atoms with Gasteiger partial charge in [0.25, 0.3) is 0 Å². The molecular weight excluding hydrogens is 243 g/mol. The highest BCUT2D eigenvalue weighted by Gasteiger charge is 2.38. The summed E-state index contributed by atoms with van der Waals surface area (Å²) in [5, 5.41) is 8.52. The third-order valence-corrected chi connectivity index (χ3v) is 1.79. The number of ether oxygens (including phenoxy) is 1. The van der Waals surface area contributed by atoms with Gasteiger partial charge in [0.05, 0.1) is 12.7 Å². The molecule has 17 heavy (non-hydrogen) atoms. The predicted octanol–water partition coefficient (Wildman–Crippen LogP) is 1.59. The number of alkyl halides is 3. The van der Waals surface area contributed by atoms with Crippen LogP contribution >= 0.6 is 0 Å². The number of hydrogen-bond acceptors (Lipinski definition) is 4. The van der Waals surface area contributed by atoms with Crippen LogP contribution in [0.2, 0.25) is 0 Å². The molecular formula is C9H6F3NO4. The SMILES string of the molecule is COC(=O)c1ccc(C(=O)O)nc1C(F)(F)F. The summed E-state index contributed by atoms with van der Waals surface area (Å²) >= 11 is 0. The van der Waals surface area contributed by atoms with Gasteiger partial charge in [-0.1, -0.05) is 0 Å². The maximum Gasteiger partial charge on any atom is 0.434 e. The van der Waals surface area contributed by atoms with Gasteiger partial charge >= 0.3 is 18.1 Å². The third-order valence-electron chi connectivity index (χ3n) is 1.79. The van der Waals surface area contributed by atoms with Gasteiger partial charge in [0.2, 0.25) is 0 Å². The van der Waals surface area contributed by atoms with E-state index in [1.54, 1.807) is 0 Å². The molecule has 0 aliphatic rings. The number of methoxy groups -OCH3 is 1. The number of esters is 1. The summed E-state index contributed by atoms with van der Waals surface area (Å²) < 4.78 is 41.7. The van der Waals surface area contributed by atoms with Crippen molar-refractivity contribution in [2.45, 2.75) is 6.18 Å². The van der Waals surface area contributed by atoms with E-state index in [2.05, 4.69) is 9.72 Å². The molecule has 0 aliphatic carbocycles. The molecule has 0 unspecified atom stereocenters. The number of hydrogen-bond donors (Lipinski definition) is 1. The van der Waals surface area contributed by atoms with Crippen molar-refractivity contribution in [3.63, 3.8) is 0 Å². The van der Waals surface area contributed by atoms with Crippen LogP contribution in [-0.4, -0.2) is 29.1 Å². The predicted molar refractivity (Wildman–Crippen MR) is 47.5 cm³/mol. The first-order valence-corrected chi connectivity index (χ1v) is 4.17. The molecule has 1 aromatic heterocycles. The van der Waals surface area contributed by atoms with Crippen LogP contribution in [-0.2, 0) is 10.9 Å². The van der Waals surface area contributed by atoms with Crippen molar-refractivity contribution in [3.8, 4) is 0 Å². The lowest BCUT2D eigenvalue weighted by molar-refractivity contribution is -0.141. The third kappa shape index (κ3) is 2.71. The van der Waals surface area contributed by atoms with E-state index in [1.165, 1.54) is 0 Å². The van der Waals surface area contributed by atoms with Gasteiger partial charge in [0.1, 0.15) is 5.69 Å². The molecule has 92 valence electrons. The number of rotatable bonds is 2. The number of aromatic carboxylic acids is 1. The van der Waals surface area contributed by atoms with E-state index in [0.29, 0.717) is 6.07 Å². The highest BCUT2D eigenvalue weighted by Crippen LogP contribution is 2.30. The lowest BCUT2D eigenvalue weighted by Gasteiger charge is -2.10. The standard InChI is InChI=1S/C9H6F3NO4/c1-17-8(16)4-2-3-5(7(14)15)13-6(4)9(10,11)12/h2-3H,1H3,(H,14,15). The van der Waals surface area contributed by atoms with E-state index in [-0.39, 0.29) is 0 Å². The fraction of sp³-hybridized carbons (Fsp3) is 0.222. The van der Waals surface area contributed by atoms with Crippen molar-refractivity contribution in [2.75, 3.05) is 7.11 Å².